The van der Waals surface area contributed by atoms with Crippen molar-refractivity contribution >= 4 is 22.8 Å². The molecule has 1 saturated carbocycles. The summed E-state index contributed by atoms with van der Waals surface area (Å²) in [4.78, 5) is 39.6. The van der Waals surface area contributed by atoms with E-state index >= 15 is 0 Å². The van der Waals surface area contributed by atoms with E-state index in [0.717, 1.165) is 42.9 Å². The molecule has 0 bridgehead atoms. The Morgan fingerprint density at radius 2 is 1.69 bits per heavy atom. The number of imidazole rings is 1. The van der Waals surface area contributed by atoms with E-state index in [9.17, 15) is 14.4 Å². The smallest absolute Gasteiger partial charge is 0.303 e. The van der Waals surface area contributed by atoms with Crippen LogP contribution in [0.4, 0.5) is 0 Å². The molecular weight excluding hydrogens is 404 g/mol. The molecule has 1 unspecified atom stereocenters. The second-order valence-corrected chi connectivity index (χ2v) is 10.0. The number of hydrogen-bond acceptors (Lipinski definition) is 4. The van der Waals surface area contributed by atoms with Crippen molar-refractivity contribution in [2.75, 3.05) is 19.6 Å². The van der Waals surface area contributed by atoms with Gasteiger partial charge >= 0.3 is 5.69 Å². The van der Waals surface area contributed by atoms with Gasteiger partial charge in [0.25, 0.3) is 0 Å². The van der Waals surface area contributed by atoms with Gasteiger partial charge in [-0.3, -0.25) is 24.0 Å². The molecule has 32 heavy (non-hydrogen) atoms. The zero-order valence-corrected chi connectivity index (χ0v) is 19.0. The van der Waals surface area contributed by atoms with Crippen molar-refractivity contribution in [3.05, 3.63) is 34.2 Å². The Labute approximate surface area is 188 Å². The summed E-state index contributed by atoms with van der Waals surface area (Å²) in [5.41, 5.74) is 2.71. The molecule has 2 amide bonds. The highest BCUT2D eigenvalue weighted by atomic mass is 16.2. The number of amides is 2. The molecule has 3 heterocycles. The van der Waals surface area contributed by atoms with Gasteiger partial charge in [-0.25, -0.2) is 4.79 Å². The molecule has 7 nitrogen and oxygen atoms in total. The van der Waals surface area contributed by atoms with Crippen molar-refractivity contribution in [2.24, 2.45) is 13.0 Å². The quantitative estimate of drug-likeness (QED) is 0.745. The van der Waals surface area contributed by atoms with Crippen molar-refractivity contribution in [3.63, 3.8) is 0 Å². The number of imide groups is 1. The maximum Gasteiger partial charge on any atom is 0.329 e. The van der Waals surface area contributed by atoms with Crippen molar-refractivity contribution in [1.82, 2.24) is 19.4 Å². The Hall–Kier alpha value is -2.41. The predicted octanol–water partition coefficient (Wildman–Crippen LogP) is 3.08. The number of aromatic nitrogens is 2. The van der Waals surface area contributed by atoms with Crippen LogP contribution in [-0.4, -0.2) is 45.5 Å². The number of nitrogens with one attached hydrogen (secondary N) is 1. The molecule has 2 aromatic rings. The molecular formula is C25H34N4O3. The van der Waals surface area contributed by atoms with Crippen LogP contribution in [0.1, 0.15) is 75.3 Å². The number of fused-ring (bicyclic) bond motifs is 1. The molecule has 3 aliphatic rings. The monoisotopic (exact) mass is 438 g/mol. The van der Waals surface area contributed by atoms with E-state index in [0.29, 0.717) is 12.3 Å². The Morgan fingerprint density at radius 1 is 0.938 bits per heavy atom. The van der Waals surface area contributed by atoms with Gasteiger partial charge in [0.05, 0.1) is 11.0 Å². The number of carbonyl (C=O) groups excluding carboxylic acids is 2. The van der Waals surface area contributed by atoms with Gasteiger partial charge in [0.15, 0.2) is 0 Å². The van der Waals surface area contributed by atoms with Gasteiger partial charge in [0.2, 0.25) is 11.8 Å². The highest BCUT2D eigenvalue weighted by Crippen LogP contribution is 2.32. The van der Waals surface area contributed by atoms with E-state index in [2.05, 4.69) is 22.3 Å². The highest BCUT2D eigenvalue weighted by Gasteiger charge is 2.31. The third kappa shape index (κ3) is 4.03. The average molecular weight is 439 g/mol. The minimum Gasteiger partial charge on any atom is -0.303 e. The molecule has 1 atom stereocenters. The molecule has 172 valence electrons. The number of aryl methyl sites for hydroxylation is 1. The van der Waals surface area contributed by atoms with Gasteiger partial charge in [-0.05, 0) is 74.7 Å². The summed E-state index contributed by atoms with van der Waals surface area (Å²) < 4.78 is 3.20. The lowest BCUT2D eigenvalue weighted by Gasteiger charge is -2.35. The second-order valence-electron chi connectivity index (χ2n) is 10.0. The van der Waals surface area contributed by atoms with Gasteiger partial charge in [-0.15, -0.1) is 0 Å². The summed E-state index contributed by atoms with van der Waals surface area (Å²) in [6, 6.07) is 5.63. The Morgan fingerprint density at radius 3 is 2.41 bits per heavy atom. The number of nitrogens with zero attached hydrogens (tertiary/aromatic N) is 3. The van der Waals surface area contributed by atoms with Gasteiger partial charge in [0, 0.05) is 20.0 Å². The zero-order valence-electron chi connectivity index (χ0n) is 19.0. The Balaban J connectivity index is 1.32. The second kappa shape index (κ2) is 8.85. The van der Waals surface area contributed by atoms with Crippen molar-refractivity contribution in [3.8, 4) is 0 Å². The molecule has 0 radical (unpaired) electrons. The van der Waals surface area contributed by atoms with Crippen LogP contribution >= 0.6 is 0 Å². The molecule has 0 spiro atoms. The first-order valence-corrected chi connectivity index (χ1v) is 12.3. The van der Waals surface area contributed by atoms with Gasteiger partial charge in [0.1, 0.15) is 6.04 Å². The first kappa shape index (κ1) is 21.4. The van der Waals surface area contributed by atoms with Crippen LogP contribution in [0.5, 0.6) is 0 Å². The van der Waals surface area contributed by atoms with Crippen LogP contribution in [0, 0.1) is 5.92 Å². The molecule has 2 aliphatic heterocycles. The number of piperidine rings is 2. The molecule has 7 heteroatoms. The summed E-state index contributed by atoms with van der Waals surface area (Å²) in [5, 5.41) is 2.37. The van der Waals surface area contributed by atoms with Crippen LogP contribution in [0.15, 0.2) is 23.0 Å². The van der Waals surface area contributed by atoms with Crippen LogP contribution in [-0.2, 0) is 16.6 Å². The molecule has 2 saturated heterocycles. The van der Waals surface area contributed by atoms with E-state index in [1.54, 1.807) is 16.2 Å². The van der Waals surface area contributed by atoms with Crippen molar-refractivity contribution < 1.29 is 9.59 Å². The molecule has 1 aromatic carbocycles. The third-order valence-electron chi connectivity index (χ3n) is 7.94. The molecule has 1 aromatic heterocycles. The van der Waals surface area contributed by atoms with Gasteiger partial charge < -0.3 is 4.90 Å². The highest BCUT2D eigenvalue weighted by molar-refractivity contribution is 6.00. The Kier molecular flexibility index (Phi) is 5.93. The standard InChI is InChI=1S/C25H34N4O3/c1-27-22-15-19(18-11-13-28(14-12-18)16-17-5-3-2-4-6-17)7-8-20(22)29(25(27)32)21-9-10-23(30)26-24(21)31/h7-8,15,17-18,21H,2-6,9-14,16H2,1H3,(H,26,30,31). The summed E-state index contributed by atoms with van der Waals surface area (Å²) in [6.45, 7) is 3.56. The van der Waals surface area contributed by atoms with E-state index in [1.807, 2.05) is 6.07 Å². The van der Waals surface area contributed by atoms with Crippen LogP contribution in [0.3, 0.4) is 0 Å². The largest absolute Gasteiger partial charge is 0.329 e. The SMILES string of the molecule is Cn1c(=O)n(C2CCC(=O)NC2=O)c2ccc(C3CCN(CC4CCCCC4)CC3)cc21. The molecule has 1 N–H and O–H groups in total. The lowest BCUT2D eigenvalue weighted by molar-refractivity contribution is -0.135. The normalized spacial score (nSPS) is 24.2. The van der Waals surface area contributed by atoms with Gasteiger partial charge in [-0.2, -0.15) is 0 Å². The van der Waals surface area contributed by atoms with E-state index < -0.39 is 6.04 Å². The number of rotatable bonds is 4. The number of hydrogen-bond donors (Lipinski definition) is 1. The number of likely N-dealkylation sites (tertiary alicyclic amines) is 1. The first-order valence-electron chi connectivity index (χ1n) is 12.3. The number of benzene rings is 1. The summed E-state index contributed by atoms with van der Waals surface area (Å²) in [5.74, 6) is 0.746. The third-order valence-corrected chi connectivity index (χ3v) is 7.94. The molecule has 3 fully saturated rings. The van der Waals surface area contributed by atoms with Crippen molar-refractivity contribution in [2.45, 2.75) is 69.7 Å². The maximum atomic E-state index is 13.0. The Bertz CT molecular complexity index is 1070. The van der Waals surface area contributed by atoms with Crippen LogP contribution in [0.25, 0.3) is 11.0 Å². The number of carbonyl (C=O) groups is 2. The predicted molar refractivity (Wildman–Crippen MR) is 124 cm³/mol. The maximum absolute atomic E-state index is 13.0. The first-order chi connectivity index (χ1) is 15.5. The van der Waals surface area contributed by atoms with E-state index in [1.165, 1.54) is 44.2 Å². The zero-order chi connectivity index (χ0) is 22.2. The average Bonchev–Trinajstić information content (AvgIpc) is 3.05. The van der Waals surface area contributed by atoms with E-state index in [-0.39, 0.29) is 23.9 Å². The van der Waals surface area contributed by atoms with Crippen LogP contribution in [0.2, 0.25) is 0 Å². The van der Waals surface area contributed by atoms with Gasteiger partial charge in [-0.1, -0.05) is 25.3 Å². The molecule has 5 rings (SSSR count). The summed E-state index contributed by atoms with van der Waals surface area (Å²) >= 11 is 0. The van der Waals surface area contributed by atoms with Crippen molar-refractivity contribution in [1.29, 1.82) is 0 Å². The minimum atomic E-state index is -0.627. The van der Waals surface area contributed by atoms with Crippen LogP contribution < -0.4 is 11.0 Å². The van der Waals surface area contributed by atoms with E-state index in [4.69, 9.17) is 0 Å². The fourth-order valence-electron chi connectivity index (χ4n) is 6.05. The minimum absolute atomic E-state index is 0.200. The summed E-state index contributed by atoms with van der Waals surface area (Å²) in [7, 11) is 1.77. The topological polar surface area (TPSA) is 76.3 Å². The lowest BCUT2D eigenvalue weighted by atomic mass is 9.86. The summed E-state index contributed by atoms with van der Waals surface area (Å²) in [6.07, 6.45) is 9.94. The fraction of sp³-hybridized carbons (Fsp3) is 0.640. The lowest BCUT2D eigenvalue weighted by Crippen LogP contribution is -2.44. The fourth-order valence-corrected chi connectivity index (χ4v) is 6.05. The molecule has 1 aliphatic carbocycles.